The molecular weight excluding hydrogens is 338 g/mol. The van der Waals surface area contributed by atoms with Crippen molar-refractivity contribution in [1.29, 1.82) is 0 Å². The second-order valence-corrected chi connectivity index (χ2v) is 6.08. The lowest BCUT2D eigenvalue weighted by molar-refractivity contribution is -0.145. The molecule has 1 N–H and O–H groups in total. The molecule has 1 saturated heterocycles. The normalized spacial score (nSPS) is 14.6. The minimum Gasteiger partial charge on any atom is -0.494 e. The van der Waals surface area contributed by atoms with E-state index in [0.717, 1.165) is 10.2 Å². The van der Waals surface area contributed by atoms with Gasteiger partial charge in [0.25, 0.3) is 0 Å². The Morgan fingerprint density at radius 2 is 1.95 bits per heavy atom. The predicted octanol–water partition coefficient (Wildman–Crippen LogP) is 2.54. The Balaban J connectivity index is 1.58. The van der Waals surface area contributed by atoms with Gasteiger partial charge in [-0.2, -0.15) is 0 Å². The number of carbonyl (C=O) groups is 2. The van der Waals surface area contributed by atoms with Gasteiger partial charge >= 0.3 is 5.97 Å². The van der Waals surface area contributed by atoms with Gasteiger partial charge in [0.15, 0.2) is 0 Å². The lowest BCUT2D eigenvalue weighted by Gasteiger charge is -2.38. The Bertz CT molecular complexity index is 497. The first-order chi connectivity index (χ1) is 10.0. The number of amides is 1. The quantitative estimate of drug-likeness (QED) is 0.763. The zero-order chi connectivity index (χ0) is 15.2. The molecule has 21 heavy (non-hydrogen) atoms. The number of halogens is 1. The standard InChI is InChI=1S/C15H18BrNO4/c16-12-3-5-13(6-4-12)21-7-1-2-14(18)17-9-11(10-17)8-15(19)20/h3-6,11H,1-2,7-10H2,(H,19,20). The maximum absolute atomic E-state index is 11.8. The SMILES string of the molecule is O=C(O)CC1CN(C(=O)CCCOc2ccc(Br)cc2)C1. The summed E-state index contributed by atoms with van der Waals surface area (Å²) in [7, 11) is 0. The number of hydrogen-bond acceptors (Lipinski definition) is 3. The first-order valence-corrected chi connectivity index (χ1v) is 7.72. The van der Waals surface area contributed by atoms with Crippen molar-refractivity contribution >= 4 is 27.8 Å². The Morgan fingerprint density at radius 1 is 1.29 bits per heavy atom. The van der Waals surface area contributed by atoms with Gasteiger partial charge in [0.2, 0.25) is 5.91 Å². The van der Waals surface area contributed by atoms with E-state index in [2.05, 4.69) is 15.9 Å². The minimum absolute atomic E-state index is 0.0797. The number of likely N-dealkylation sites (tertiary alicyclic amines) is 1. The van der Waals surface area contributed by atoms with Gasteiger partial charge in [0.1, 0.15) is 5.75 Å². The summed E-state index contributed by atoms with van der Waals surface area (Å²) in [4.78, 5) is 24.1. The van der Waals surface area contributed by atoms with Gasteiger partial charge in [-0.25, -0.2) is 0 Å². The van der Waals surface area contributed by atoms with Crippen LogP contribution in [0.1, 0.15) is 19.3 Å². The Kier molecular flexibility index (Phi) is 5.61. The zero-order valence-corrected chi connectivity index (χ0v) is 13.2. The maximum atomic E-state index is 11.8. The second kappa shape index (κ2) is 7.45. The number of benzene rings is 1. The van der Waals surface area contributed by atoms with E-state index in [1.807, 2.05) is 24.3 Å². The molecule has 6 heteroatoms. The van der Waals surface area contributed by atoms with Crippen LogP contribution in [0, 0.1) is 5.92 Å². The van der Waals surface area contributed by atoms with E-state index in [0.29, 0.717) is 32.5 Å². The molecule has 0 spiro atoms. The fourth-order valence-corrected chi connectivity index (χ4v) is 2.52. The van der Waals surface area contributed by atoms with Gasteiger partial charge in [-0.3, -0.25) is 9.59 Å². The summed E-state index contributed by atoms with van der Waals surface area (Å²) < 4.78 is 6.55. The molecule has 1 aromatic carbocycles. The van der Waals surface area contributed by atoms with Crippen LogP contribution in [-0.4, -0.2) is 41.6 Å². The molecule has 0 radical (unpaired) electrons. The third kappa shape index (κ3) is 5.04. The number of carbonyl (C=O) groups excluding carboxylic acids is 1. The number of carboxylic acids is 1. The largest absolute Gasteiger partial charge is 0.494 e. The molecule has 0 saturated carbocycles. The van der Waals surface area contributed by atoms with E-state index >= 15 is 0 Å². The molecule has 0 bridgehead atoms. The van der Waals surface area contributed by atoms with Gasteiger partial charge in [-0.05, 0) is 30.7 Å². The number of ether oxygens (including phenoxy) is 1. The van der Waals surface area contributed by atoms with E-state index in [-0.39, 0.29) is 18.2 Å². The van der Waals surface area contributed by atoms with Gasteiger partial charge < -0.3 is 14.7 Å². The summed E-state index contributed by atoms with van der Waals surface area (Å²) in [6.45, 7) is 1.64. The molecule has 114 valence electrons. The van der Waals surface area contributed by atoms with Crippen molar-refractivity contribution in [3.8, 4) is 5.75 Å². The molecule has 5 nitrogen and oxygen atoms in total. The molecule has 1 aliphatic rings. The summed E-state index contributed by atoms with van der Waals surface area (Å²) in [6, 6.07) is 7.56. The molecule has 1 aliphatic heterocycles. The molecule has 0 aromatic heterocycles. The molecule has 1 heterocycles. The van der Waals surface area contributed by atoms with Gasteiger partial charge in [-0.1, -0.05) is 15.9 Å². The van der Waals surface area contributed by atoms with Gasteiger partial charge in [0, 0.05) is 29.9 Å². The number of nitrogens with zero attached hydrogens (tertiary/aromatic N) is 1. The van der Waals surface area contributed by atoms with Crippen LogP contribution < -0.4 is 4.74 Å². The van der Waals surface area contributed by atoms with Crippen molar-refractivity contribution in [2.45, 2.75) is 19.3 Å². The molecule has 0 aliphatic carbocycles. The maximum Gasteiger partial charge on any atom is 0.303 e. The van der Waals surface area contributed by atoms with Crippen LogP contribution in [0.3, 0.4) is 0 Å². The monoisotopic (exact) mass is 355 g/mol. The number of aliphatic carboxylic acids is 1. The molecule has 1 amide bonds. The third-order valence-electron chi connectivity index (χ3n) is 3.39. The van der Waals surface area contributed by atoms with Crippen LogP contribution in [0.25, 0.3) is 0 Å². The first-order valence-electron chi connectivity index (χ1n) is 6.92. The van der Waals surface area contributed by atoms with Crippen LogP contribution in [0.2, 0.25) is 0 Å². The second-order valence-electron chi connectivity index (χ2n) is 5.17. The average Bonchev–Trinajstić information content (AvgIpc) is 2.40. The topological polar surface area (TPSA) is 66.8 Å². The van der Waals surface area contributed by atoms with Crippen molar-refractivity contribution in [1.82, 2.24) is 4.90 Å². The zero-order valence-electron chi connectivity index (χ0n) is 11.6. The summed E-state index contributed by atoms with van der Waals surface area (Å²) in [5.74, 6) is 0.188. The van der Waals surface area contributed by atoms with Gasteiger partial charge in [-0.15, -0.1) is 0 Å². The predicted molar refractivity (Wildman–Crippen MR) is 81.2 cm³/mol. The van der Waals surface area contributed by atoms with Crippen LogP contribution >= 0.6 is 15.9 Å². The van der Waals surface area contributed by atoms with Crippen molar-refractivity contribution in [3.05, 3.63) is 28.7 Å². The lowest BCUT2D eigenvalue weighted by atomic mass is 9.96. The van der Waals surface area contributed by atoms with Crippen LogP contribution in [-0.2, 0) is 9.59 Å². The molecule has 0 unspecified atom stereocenters. The summed E-state index contributed by atoms with van der Waals surface area (Å²) in [5.41, 5.74) is 0. The van der Waals surface area contributed by atoms with E-state index < -0.39 is 5.97 Å². The molecule has 1 aromatic rings. The highest BCUT2D eigenvalue weighted by molar-refractivity contribution is 9.10. The highest BCUT2D eigenvalue weighted by Crippen LogP contribution is 2.20. The third-order valence-corrected chi connectivity index (χ3v) is 3.92. The molecule has 1 fully saturated rings. The highest BCUT2D eigenvalue weighted by atomic mass is 79.9. The van der Waals surface area contributed by atoms with E-state index in [1.165, 1.54) is 0 Å². The van der Waals surface area contributed by atoms with E-state index in [9.17, 15) is 9.59 Å². The van der Waals surface area contributed by atoms with Crippen LogP contribution in [0.15, 0.2) is 28.7 Å². The Hall–Kier alpha value is -1.56. The minimum atomic E-state index is -0.796. The van der Waals surface area contributed by atoms with Crippen molar-refractivity contribution in [3.63, 3.8) is 0 Å². The Labute approximate surface area is 132 Å². The summed E-state index contributed by atoms with van der Waals surface area (Å²) in [5, 5.41) is 8.65. The van der Waals surface area contributed by atoms with Crippen LogP contribution in [0.5, 0.6) is 5.75 Å². The summed E-state index contributed by atoms with van der Waals surface area (Å²) >= 11 is 3.35. The fraction of sp³-hybridized carbons (Fsp3) is 0.467. The van der Waals surface area contributed by atoms with Crippen LogP contribution in [0.4, 0.5) is 0 Å². The van der Waals surface area contributed by atoms with Gasteiger partial charge in [0.05, 0.1) is 13.0 Å². The van der Waals surface area contributed by atoms with E-state index in [1.54, 1.807) is 4.90 Å². The number of rotatable bonds is 7. The van der Waals surface area contributed by atoms with Crippen molar-refractivity contribution < 1.29 is 19.4 Å². The summed E-state index contributed by atoms with van der Waals surface area (Å²) in [6.07, 6.45) is 1.25. The number of carboxylic acid groups (broad SMARTS) is 1. The highest BCUT2D eigenvalue weighted by Gasteiger charge is 2.31. The number of hydrogen-bond donors (Lipinski definition) is 1. The average molecular weight is 356 g/mol. The fourth-order valence-electron chi connectivity index (χ4n) is 2.25. The Morgan fingerprint density at radius 3 is 2.57 bits per heavy atom. The van der Waals surface area contributed by atoms with Crippen molar-refractivity contribution in [2.75, 3.05) is 19.7 Å². The van der Waals surface area contributed by atoms with Crippen molar-refractivity contribution in [2.24, 2.45) is 5.92 Å². The molecule has 0 atom stereocenters. The lowest BCUT2D eigenvalue weighted by Crippen LogP contribution is -2.50. The smallest absolute Gasteiger partial charge is 0.303 e. The van der Waals surface area contributed by atoms with E-state index in [4.69, 9.17) is 9.84 Å². The molecular formula is C15H18BrNO4. The molecule has 2 rings (SSSR count). The first kappa shape index (κ1) is 15.8.